The van der Waals surface area contributed by atoms with Crippen LogP contribution in [-0.4, -0.2) is 6.04 Å². The lowest BCUT2D eigenvalue weighted by molar-refractivity contribution is 0.197. The van der Waals surface area contributed by atoms with Gasteiger partial charge in [-0.05, 0) is 42.9 Å². The first kappa shape index (κ1) is 13.8. The molecular weight excluding hydrogens is 249 g/mol. The molecule has 0 saturated heterocycles. The van der Waals surface area contributed by atoms with Crippen LogP contribution in [0.15, 0.2) is 18.2 Å². The Morgan fingerprint density at radius 2 is 2.22 bits per heavy atom. The predicted octanol–water partition coefficient (Wildman–Crippen LogP) is 4.54. The lowest BCUT2D eigenvalue weighted by Crippen LogP contribution is -2.37. The van der Waals surface area contributed by atoms with Crippen LogP contribution in [0.4, 0.5) is 4.39 Å². The Bertz CT molecular complexity index is 417. The van der Waals surface area contributed by atoms with Crippen molar-refractivity contribution in [3.8, 4) is 0 Å². The third-order valence-electron chi connectivity index (χ3n) is 3.79. The Hall–Kier alpha value is -0.600. The van der Waals surface area contributed by atoms with E-state index < -0.39 is 0 Å². The maximum atomic E-state index is 13.6. The number of nitrogens with one attached hydrogen (secondary N) is 1. The fourth-order valence-electron chi connectivity index (χ4n) is 2.81. The number of rotatable bonds is 3. The van der Waals surface area contributed by atoms with Gasteiger partial charge in [0.1, 0.15) is 5.82 Å². The normalized spacial score (nSPS) is 23.0. The van der Waals surface area contributed by atoms with Crippen molar-refractivity contribution in [3.05, 3.63) is 34.6 Å². The van der Waals surface area contributed by atoms with Crippen molar-refractivity contribution < 1.29 is 4.39 Å². The molecule has 0 amide bonds. The van der Waals surface area contributed by atoms with Gasteiger partial charge in [-0.2, -0.15) is 0 Å². The van der Waals surface area contributed by atoms with Gasteiger partial charge in [0.2, 0.25) is 0 Å². The minimum atomic E-state index is -0.179. The second-order valence-electron chi connectivity index (χ2n) is 6.07. The highest BCUT2D eigenvalue weighted by Gasteiger charge is 2.27. The fourth-order valence-corrected chi connectivity index (χ4v) is 3.00. The number of halogens is 2. The molecule has 1 fully saturated rings. The second kappa shape index (κ2) is 5.58. The van der Waals surface area contributed by atoms with Crippen LogP contribution in [0.5, 0.6) is 0 Å². The van der Waals surface area contributed by atoms with Crippen LogP contribution in [0.25, 0.3) is 0 Å². The minimum absolute atomic E-state index is 0.179. The molecule has 0 bridgehead atoms. The zero-order chi connectivity index (χ0) is 13.2. The molecule has 1 unspecified atom stereocenters. The Morgan fingerprint density at radius 3 is 2.94 bits per heavy atom. The van der Waals surface area contributed by atoms with Crippen LogP contribution in [0.3, 0.4) is 0 Å². The molecule has 100 valence electrons. The molecule has 1 N–H and O–H groups in total. The lowest BCUT2D eigenvalue weighted by Gasteiger charge is -2.35. The monoisotopic (exact) mass is 269 g/mol. The lowest BCUT2D eigenvalue weighted by atomic mass is 9.75. The molecule has 1 aromatic carbocycles. The van der Waals surface area contributed by atoms with Crippen LogP contribution >= 0.6 is 11.6 Å². The van der Waals surface area contributed by atoms with E-state index in [1.165, 1.54) is 25.3 Å². The molecule has 1 aromatic rings. The first-order valence-electron chi connectivity index (χ1n) is 6.64. The Kier molecular flexibility index (Phi) is 4.29. The molecule has 1 nitrogen and oxygen atoms in total. The van der Waals surface area contributed by atoms with E-state index in [1.807, 2.05) is 0 Å². The highest BCUT2D eigenvalue weighted by Crippen LogP contribution is 2.35. The summed E-state index contributed by atoms with van der Waals surface area (Å²) in [6.45, 7) is 5.18. The zero-order valence-corrected chi connectivity index (χ0v) is 11.9. The molecule has 3 heteroatoms. The Balaban J connectivity index is 1.93. The van der Waals surface area contributed by atoms with Crippen LogP contribution in [0.1, 0.15) is 45.1 Å². The standard InChI is InChI=1S/C15H21ClFN/c1-15(2)7-3-4-13(9-15)18-10-11-8-12(16)5-6-14(11)17/h5-6,8,13,18H,3-4,7,9-10H2,1-2H3. The summed E-state index contributed by atoms with van der Waals surface area (Å²) in [4.78, 5) is 0. The van der Waals surface area contributed by atoms with E-state index >= 15 is 0 Å². The highest BCUT2D eigenvalue weighted by molar-refractivity contribution is 6.30. The number of benzene rings is 1. The maximum Gasteiger partial charge on any atom is 0.127 e. The first-order chi connectivity index (χ1) is 8.46. The van der Waals surface area contributed by atoms with Gasteiger partial charge in [0.15, 0.2) is 0 Å². The molecule has 0 heterocycles. The fraction of sp³-hybridized carbons (Fsp3) is 0.600. The smallest absolute Gasteiger partial charge is 0.127 e. The summed E-state index contributed by atoms with van der Waals surface area (Å²) < 4.78 is 13.6. The molecule has 18 heavy (non-hydrogen) atoms. The topological polar surface area (TPSA) is 12.0 Å². The summed E-state index contributed by atoms with van der Waals surface area (Å²) >= 11 is 5.89. The van der Waals surface area contributed by atoms with Gasteiger partial charge in [0.05, 0.1) is 0 Å². The van der Waals surface area contributed by atoms with Gasteiger partial charge >= 0.3 is 0 Å². The molecule has 0 radical (unpaired) electrons. The van der Waals surface area contributed by atoms with E-state index in [1.54, 1.807) is 12.1 Å². The van der Waals surface area contributed by atoms with Crippen LogP contribution in [-0.2, 0) is 6.54 Å². The Labute approximate surface area is 114 Å². The highest BCUT2D eigenvalue weighted by atomic mass is 35.5. The van der Waals surface area contributed by atoms with Crippen molar-refractivity contribution in [1.29, 1.82) is 0 Å². The van der Waals surface area contributed by atoms with Gasteiger partial charge in [0, 0.05) is 23.2 Å². The van der Waals surface area contributed by atoms with Crippen molar-refractivity contribution in [2.24, 2.45) is 5.41 Å². The van der Waals surface area contributed by atoms with Gasteiger partial charge in [0.25, 0.3) is 0 Å². The molecule has 0 aromatic heterocycles. The average Bonchev–Trinajstić information content (AvgIpc) is 2.29. The van der Waals surface area contributed by atoms with E-state index in [9.17, 15) is 4.39 Å². The van der Waals surface area contributed by atoms with Crippen molar-refractivity contribution >= 4 is 11.6 Å². The molecule has 1 aliphatic rings. The summed E-state index contributed by atoms with van der Waals surface area (Å²) in [7, 11) is 0. The van der Waals surface area contributed by atoms with Gasteiger partial charge in [-0.3, -0.25) is 0 Å². The number of hydrogen-bond donors (Lipinski definition) is 1. The van der Waals surface area contributed by atoms with Crippen molar-refractivity contribution in [2.75, 3.05) is 0 Å². The van der Waals surface area contributed by atoms with E-state index in [0.717, 1.165) is 6.42 Å². The molecule has 1 saturated carbocycles. The third-order valence-corrected chi connectivity index (χ3v) is 4.03. The van der Waals surface area contributed by atoms with Crippen molar-refractivity contribution in [3.63, 3.8) is 0 Å². The average molecular weight is 270 g/mol. The predicted molar refractivity (Wildman–Crippen MR) is 74.3 cm³/mol. The summed E-state index contributed by atoms with van der Waals surface area (Å²) in [5.74, 6) is -0.179. The van der Waals surface area contributed by atoms with E-state index in [0.29, 0.717) is 28.6 Å². The SMILES string of the molecule is CC1(C)CCCC(NCc2cc(Cl)ccc2F)C1. The van der Waals surface area contributed by atoms with E-state index in [-0.39, 0.29) is 5.82 Å². The first-order valence-corrected chi connectivity index (χ1v) is 7.01. The van der Waals surface area contributed by atoms with Gasteiger partial charge < -0.3 is 5.32 Å². The second-order valence-corrected chi connectivity index (χ2v) is 6.51. The molecule has 0 spiro atoms. The van der Waals surface area contributed by atoms with Gasteiger partial charge in [-0.25, -0.2) is 4.39 Å². The summed E-state index contributed by atoms with van der Waals surface area (Å²) in [5, 5.41) is 4.06. The van der Waals surface area contributed by atoms with E-state index in [2.05, 4.69) is 19.2 Å². The summed E-state index contributed by atoms with van der Waals surface area (Å²) in [6.07, 6.45) is 4.89. The van der Waals surface area contributed by atoms with Gasteiger partial charge in [-0.15, -0.1) is 0 Å². The van der Waals surface area contributed by atoms with E-state index in [4.69, 9.17) is 11.6 Å². The molecule has 1 atom stereocenters. The van der Waals surface area contributed by atoms with Crippen LogP contribution in [0, 0.1) is 11.2 Å². The minimum Gasteiger partial charge on any atom is -0.310 e. The Morgan fingerprint density at radius 1 is 1.44 bits per heavy atom. The van der Waals surface area contributed by atoms with Crippen molar-refractivity contribution in [1.82, 2.24) is 5.32 Å². The number of hydrogen-bond acceptors (Lipinski definition) is 1. The maximum absolute atomic E-state index is 13.6. The molecule has 0 aliphatic heterocycles. The third kappa shape index (κ3) is 3.69. The molecule has 2 rings (SSSR count). The van der Waals surface area contributed by atoms with Crippen LogP contribution < -0.4 is 5.32 Å². The summed E-state index contributed by atoms with van der Waals surface area (Å²) in [6, 6.07) is 5.22. The quantitative estimate of drug-likeness (QED) is 0.850. The van der Waals surface area contributed by atoms with Gasteiger partial charge in [-0.1, -0.05) is 31.9 Å². The molecule has 1 aliphatic carbocycles. The van der Waals surface area contributed by atoms with Crippen molar-refractivity contribution in [2.45, 2.75) is 52.1 Å². The van der Waals surface area contributed by atoms with Crippen LogP contribution in [0.2, 0.25) is 5.02 Å². The zero-order valence-electron chi connectivity index (χ0n) is 11.1. The largest absolute Gasteiger partial charge is 0.310 e. The molecular formula is C15H21ClFN. The summed E-state index contributed by atoms with van der Waals surface area (Å²) in [5.41, 5.74) is 1.06.